The molecule has 4 aliphatic heterocycles. The van der Waals surface area contributed by atoms with Crippen LogP contribution in [-0.2, 0) is 15.0 Å². The van der Waals surface area contributed by atoms with Crippen molar-refractivity contribution in [2.75, 3.05) is 18.4 Å². The summed E-state index contributed by atoms with van der Waals surface area (Å²) in [5.41, 5.74) is -1.84. The maximum Gasteiger partial charge on any atom is 0.490 e. The van der Waals surface area contributed by atoms with Gasteiger partial charge in [0, 0.05) is 23.3 Å². The molecule has 1 aromatic carbocycles. The Morgan fingerprint density at radius 2 is 1.88 bits per heavy atom. The molecular weight excluding hydrogens is 535 g/mol. The van der Waals surface area contributed by atoms with Crippen molar-refractivity contribution in [3.05, 3.63) is 33.4 Å². The lowest BCUT2D eigenvalue weighted by Gasteiger charge is -2.45. The number of anilines is 1. The van der Waals surface area contributed by atoms with Gasteiger partial charge in [-0.15, -0.1) is 0 Å². The molecule has 1 spiro atoms. The number of hydrogen-bond donors (Lipinski definition) is 2. The van der Waals surface area contributed by atoms with Crippen LogP contribution in [0.5, 0.6) is 5.75 Å². The standard InChI is InChI=1S/C25H31N3O5.C2HF3O2/c1-22(2)11-16(29)19-17(33-22)8-7-15-20(19)26-21(30)25(15)12-24(28(31)32)13-27-9-5-6-14(27)10-18(24)23(25,3)4;3-2(4,5)1(6)7/h7-8,14,18H,5-6,9-13H2,1-4H3,(H,26,30);(H,6,7)/t14-,18+,24+,25-;/m0./s1. The van der Waals surface area contributed by atoms with Crippen LogP contribution in [0.3, 0.4) is 0 Å². The normalized spacial score (nSPS) is 33.1. The molecule has 1 amide bonds. The van der Waals surface area contributed by atoms with Gasteiger partial charge in [0.1, 0.15) is 11.4 Å². The van der Waals surface area contributed by atoms with Crippen LogP contribution in [0.25, 0.3) is 0 Å². The van der Waals surface area contributed by atoms with Crippen LogP contribution in [0.1, 0.15) is 75.7 Å². The predicted molar refractivity (Wildman–Crippen MR) is 135 cm³/mol. The number of carboxylic acid groups (broad SMARTS) is 1. The molecule has 5 aliphatic rings. The number of ketones is 1. The average molecular weight is 568 g/mol. The SMILES string of the molecule is CC1(C)CC(=O)c2c(ccc3c2NC(=O)[C@]32C[C@@]3([N+](=O)[O-])CN4CCC[C@H]4C[C@@H]3C2(C)C)O1.O=C(O)C(F)(F)F. The maximum atomic E-state index is 13.8. The van der Waals surface area contributed by atoms with E-state index < -0.39 is 34.1 Å². The number of Topliss-reactive ketones (excluding diaryl/α,β-unsaturated/α-hetero) is 1. The minimum Gasteiger partial charge on any atom is -0.487 e. The molecule has 2 saturated heterocycles. The molecule has 40 heavy (non-hydrogen) atoms. The summed E-state index contributed by atoms with van der Waals surface area (Å²) < 4.78 is 37.8. The van der Waals surface area contributed by atoms with Crippen molar-refractivity contribution >= 4 is 23.3 Å². The fourth-order valence-corrected chi connectivity index (χ4v) is 8.10. The molecule has 4 heterocycles. The molecule has 0 unspecified atom stereocenters. The molecule has 10 nitrogen and oxygen atoms in total. The van der Waals surface area contributed by atoms with Crippen molar-refractivity contribution in [2.24, 2.45) is 11.3 Å². The van der Waals surface area contributed by atoms with Gasteiger partial charge in [-0.3, -0.25) is 24.6 Å². The average Bonchev–Trinajstić information content (AvgIpc) is 3.44. The number of carbonyl (C=O) groups is 3. The number of rotatable bonds is 1. The van der Waals surface area contributed by atoms with Crippen molar-refractivity contribution in [3.8, 4) is 5.75 Å². The van der Waals surface area contributed by atoms with E-state index in [0.29, 0.717) is 29.6 Å². The highest BCUT2D eigenvalue weighted by Crippen LogP contribution is 2.68. The number of nitrogens with zero attached hydrogens (tertiary/aromatic N) is 2. The van der Waals surface area contributed by atoms with E-state index in [9.17, 15) is 32.9 Å². The minimum atomic E-state index is -5.08. The van der Waals surface area contributed by atoms with E-state index in [0.717, 1.165) is 31.4 Å². The number of amides is 1. The molecule has 0 radical (unpaired) electrons. The van der Waals surface area contributed by atoms with Gasteiger partial charge in [0.2, 0.25) is 11.4 Å². The van der Waals surface area contributed by atoms with Gasteiger partial charge in [0.25, 0.3) is 0 Å². The Balaban J connectivity index is 0.000000411. The summed E-state index contributed by atoms with van der Waals surface area (Å²) in [4.78, 5) is 50.8. The maximum absolute atomic E-state index is 13.8. The predicted octanol–water partition coefficient (Wildman–Crippen LogP) is 4.18. The number of hydrogen-bond acceptors (Lipinski definition) is 7. The smallest absolute Gasteiger partial charge is 0.487 e. The van der Waals surface area contributed by atoms with Crippen LogP contribution in [0.15, 0.2) is 12.1 Å². The van der Waals surface area contributed by atoms with E-state index in [1.165, 1.54) is 0 Å². The summed E-state index contributed by atoms with van der Waals surface area (Å²) >= 11 is 0. The van der Waals surface area contributed by atoms with Crippen LogP contribution >= 0.6 is 0 Å². The van der Waals surface area contributed by atoms with Gasteiger partial charge in [0.05, 0.1) is 29.6 Å². The van der Waals surface area contributed by atoms with Crippen molar-refractivity contribution in [2.45, 2.75) is 88.6 Å². The van der Waals surface area contributed by atoms with Gasteiger partial charge in [-0.1, -0.05) is 19.9 Å². The second-order valence-corrected chi connectivity index (χ2v) is 12.8. The summed E-state index contributed by atoms with van der Waals surface area (Å²) in [7, 11) is 0. The number of piperidine rings is 1. The highest BCUT2D eigenvalue weighted by molar-refractivity contribution is 6.15. The number of carbonyl (C=O) groups excluding carboxylic acids is 2. The Morgan fingerprint density at radius 1 is 1.23 bits per heavy atom. The molecule has 1 saturated carbocycles. The second kappa shape index (κ2) is 8.64. The number of nitrogens with one attached hydrogen (secondary N) is 1. The van der Waals surface area contributed by atoms with Gasteiger partial charge in [-0.05, 0) is 56.7 Å². The summed E-state index contributed by atoms with van der Waals surface area (Å²) in [5, 5.41) is 22.9. The second-order valence-electron chi connectivity index (χ2n) is 12.8. The number of alkyl halides is 3. The van der Waals surface area contributed by atoms with Crippen molar-refractivity contribution < 1.29 is 42.3 Å². The quantitative estimate of drug-likeness (QED) is 0.381. The van der Waals surface area contributed by atoms with Gasteiger partial charge < -0.3 is 15.2 Å². The number of nitro groups is 1. The number of fused-ring (bicyclic) bond motifs is 6. The van der Waals surface area contributed by atoms with E-state index in [1.54, 1.807) is 6.07 Å². The highest BCUT2D eigenvalue weighted by atomic mass is 19.4. The van der Waals surface area contributed by atoms with E-state index in [4.69, 9.17) is 14.6 Å². The van der Waals surface area contributed by atoms with Crippen LogP contribution in [-0.4, -0.2) is 69.0 Å². The number of ether oxygens (including phenoxy) is 1. The Morgan fingerprint density at radius 3 is 2.48 bits per heavy atom. The number of benzene rings is 1. The highest BCUT2D eigenvalue weighted by Gasteiger charge is 2.78. The van der Waals surface area contributed by atoms with E-state index in [1.807, 2.05) is 33.8 Å². The molecule has 4 atom stereocenters. The molecule has 0 aromatic heterocycles. The largest absolute Gasteiger partial charge is 0.490 e. The van der Waals surface area contributed by atoms with E-state index in [-0.39, 0.29) is 35.4 Å². The van der Waals surface area contributed by atoms with E-state index >= 15 is 0 Å². The zero-order chi connectivity index (χ0) is 29.6. The lowest BCUT2D eigenvalue weighted by atomic mass is 9.60. The van der Waals surface area contributed by atoms with E-state index in [2.05, 4.69) is 10.2 Å². The molecule has 3 fully saturated rings. The summed E-state index contributed by atoms with van der Waals surface area (Å²) in [5.74, 6) is -2.78. The number of aliphatic carboxylic acids is 1. The summed E-state index contributed by atoms with van der Waals surface area (Å²) in [6.45, 7) is 9.09. The molecule has 13 heteroatoms. The molecule has 2 N–H and O–H groups in total. The molecule has 6 rings (SSSR count). The minimum absolute atomic E-state index is 0.0618. The first-order valence-electron chi connectivity index (χ1n) is 13.3. The lowest BCUT2D eigenvalue weighted by Crippen LogP contribution is -2.59. The summed E-state index contributed by atoms with van der Waals surface area (Å²) in [6.07, 6.45) is -1.83. The Hall–Kier alpha value is -3.22. The van der Waals surface area contributed by atoms with Crippen LogP contribution in [0, 0.1) is 21.4 Å². The molecule has 0 bridgehead atoms. The zero-order valence-corrected chi connectivity index (χ0v) is 22.7. The zero-order valence-electron chi connectivity index (χ0n) is 22.7. The lowest BCUT2D eigenvalue weighted by molar-refractivity contribution is -0.584. The van der Waals surface area contributed by atoms with Gasteiger partial charge in [-0.25, -0.2) is 4.79 Å². The fraction of sp³-hybridized carbons (Fsp3) is 0.667. The first-order valence-corrected chi connectivity index (χ1v) is 13.3. The fourth-order valence-electron chi connectivity index (χ4n) is 8.10. The molecular formula is C27H32F3N3O7. The Bertz CT molecular complexity index is 1330. The van der Waals surface area contributed by atoms with Crippen LogP contribution < -0.4 is 10.1 Å². The van der Waals surface area contributed by atoms with Crippen LogP contribution in [0.4, 0.5) is 18.9 Å². The first kappa shape index (κ1) is 28.3. The van der Waals surface area contributed by atoms with Gasteiger partial charge in [-0.2, -0.15) is 13.2 Å². The van der Waals surface area contributed by atoms with Gasteiger partial charge >= 0.3 is 12.1 Å². The molecule has 1 aliphatic carbocycles. The van der Waals surface area contributed by atoms with Gasteiger partial charge in [0.15, 0.2) is 5.78 Å². The Kier molecular flexibility index (Phi) is 6.12. The molecule has 218 valence electrons. The van der Waals surface area contributed by atoms with Crippen LogP contribution in [0.2, 0.25) is 0 Å². The van der Waals surface area contributed by atoms with Crippen molar-refractivity contribution in [1.29, 1.82) is 0 Å². The Labute approximate surface area is 228 Å². The summed E-state index contributed by atoms with van der Waals surface area (Å²) in [6, 6.07) is 4.00. The third-order valence-corrected chi connectivity index (χ3v) is 9.79. The van der Waals surface area contributed by atoms with Crippen molar-refractivity contribution in [1.82, 2.24) is 4.90 Å². The third-order valence-electron chi connectivity index (χ3n) is 9.79. The third kappa shape index (κ3) is 3.83. The first-order chi connectivity index (χ1) is 18.4. The molecule has 1 aromatic rings. The van der Waals surface area contributed by atoms with Crippen molar-refractivity contribution in [3.63, 3.8) is 0 Å². The monoisotopic (exact) mass is 567 g/mol. The number of halogens is 3. The topological polar surface area (TPSA) is 139 Å². The number of carboxylic acids is 1.